The van der Waals surface area contributed by atoms with Crippen LogP contribution >= 0.6 is 0 Å². The van der Waals surface area contributed by atoms with Crippen molar-refractivity contribution in [3.8, 4) is 0 Å². The molecule has 2 nitrogen and oxygen atoms in total. The Hall–Kier alpha value is -0.0800. The molecule has 1 aliphatic heterocycles. The van der Waals surface area contributed by atoms with Crippen molar-refractivity contribution >= 4 is 0 Å². The molecule has 2 atom stereocenters. The lowest BCUT2D eigenvalue weighted by Gasteiger charge is -2.41. The fraction of sp³-hybridized carbons (Fsp3) is 1.00. The number of hydrogen-bond acceptors (Lipinski definition) is 2. The molecule has 0 aromatic rings. The summed E-state index contributed by atoms with van der Waals surface area (Å²) in [4.78, 5) is 2.67. The molecule has 2 rings (SSSR count). The molecule has 0 aromatic carbocycles. The van der Waals surface area contributed by atoms with Crippen molar-refractivity contribution in [2.45, 2.75) is 38.6 Å². The lowest BCUT2D eigenvalue weighted by atomic mass is 9.98. The molecule has 1 saturated carbocycles. The van der Waals surface area contributed by atoms with Crippen LogP contribution in [0.1, 0.15) is 32.6 Å². The molecule has 2 aliphatic rings. The number of likely N-dealkylation sites (tertiary alicyclic amines) is 1. The van der Waals surface area contributed by atoms with E-state index in [1.165, 1.54) is 38.8 Å². The Morgan fingerprint density at radius 3 is 2.69 bits per heavy atom. The highest BCUT2D eigenvalue weighted by molar-refractivity contribution is 4.88. The maximum Gasteiger partial charge on any atom is 0.00982 e. The molecule has 0 radical (unpaired) electrons. The summed E-state index contributed by atoms with van der Waals surface area (Å²) in [6.07, 6.45) is 5.52. The minimum atomic E-state index is 0.883. The Bertz CT molecular complexity index is 163. The Balaban J connectivity index is 1.72. The zero-order valence-corrected chi connectivity index (χ0v) is 8.71. The van der Waals surface area contributed by atoms with E-state index in [1.54, 1.807) is 0 Å². The van der Waals surface area contributed by atoms with Crippen molar-refractivity contribution in [3.05, 3.63) is 0 Å². The van der Waals surface area contributed by atoms with Crippen LogP contribution in [0.15, 0.2) is 0 Å². The van der Waals surface area contributed by atoms with Gasteiger partial charge in [-0.3, -0.25) is 4.90 Å². The zero-order valence-electron chi connectivity index (χ0n) is 8.71. The van der Waals surface area contributed by atoms with Crippen LogP contribution in [0.3, 0.4) is 0 Å². The van der Waals surface area contributed by atoms with Crippen LogP contribution in [0, 0.1) is 11.8 Å². The van der Waals surface area contributed by atoms with Gasteiger partial charge in [0, 0.05) is 19.1 Å². The smallest absolute Gasteiger partial charge is 0.00982 e. The zero-order chi connectivity index (χ0) is 9.26. The maximum atomic E-state index is 5.58. The molecule has 0 aromatic heterocycles. The fourth-order valence-electron chi connectivity index (χ4n) is 2.92. The summed E-state index contributed by atoms with van der Waals surface area (Å²) in [6.45, 7) is 5.93. The number of rotatable bonds is 3. The minimum Gasteiger partial charge on any atom is -0.330 e. The highest BCUT2D eigenvalue weighted by Gasteiger charge is 2.34. The van der Waals surface area contributed by atoms with Crippen LogP contribution in [0.2, 0.25) is 0 Å². The summed E-state index contributed by atoms with van der Waals surface area (Å²) in [5.41, 5.74) is 5.58. The first-order chi connectivity index (χ1) is 6.29. The highest BCUT2D eigenvalue weighted by atomic mass is 15.2. The molecule has 1 heterocycles. The first-order valence-corrected chi connectivity index (χ1v) is 5.73. The van der Waals surface area contributed by atoms with Gasteiger partial charge in [-0.05, 0) is 44.1 Å². The van der Waals surface area contributed by atoms with Gasteiger partial charge >= 0.3 is 0 Å². The quantitative estimate of drug-likeness (QED) is 0.716. The lowest BCUT2D eigenvalue weighted by Crippen LogP contribution is -2.50. The molecule has 2 N–H and O–H groups in total. The van der Waals surface area contributed by atoms with Crippen molar-refractivity contribution in [2.24, 2.45) is 17.6 Å². The van der Waals surface area contributed by atoms with Crippen LogP contribution in [-0.2, 0) is 0 Å². The Morgan fingerprint density at radius 1 is 1.31 bits per heavy atom. The lowest BCUT2D eigenvalue weighted by molar-refractivity contribution is 0.0632. The molecule has 0 spiro atoms. The summed E-state index contributed by atoms with van der Waals surface area (Å²) in [5, 5.41) is 0. The molecular weight excluding hydrogens is 160 g/mol. The molecule has 0 bridgehead atoms. The first-order valence-electron chi connectivity index (χ1n) is 5.73. The van der Waals surface area contributed by atoms with Gasteiger partial charge in [-0.25, -0.2) is 0 Å². The predicted octanol–water partition coefficient (Wildman–Crippen LogP) is 1.46. The van der Waals surface area contributed by atoms with E-state index in [0.717, 1.165) is 24.4 Å². The third kappa shape index (κ3) is 2.05. The minimum absolute atomic E-state index is 0.883. The maximum absolute atomic E-state index is 5.58. The van der Waals surface area contributed by atoms with Crippen LogP contribution in [0.25, 0.3) is 0 Å². The van der Waals surface area contributed by atoms with Crippen molar-refractivity contribution in [1.82, 2.24) is 4.90 Å². The summed E-state index contributed by atoms with van der Waals surface area (Å²) >= 11 is 0. The van der Waals surface area contributed by atoms with Crippen LogP contribution < -0.4 is 5.73 Å². The molecule has 76 valence electrons. The number of hydrogen-bond donors (Lipinski definition) is 1. The SMILES string of the molecule is CC1CN(C2CCC(CCN)C2)C1. The van der Waals surface area contributed by atoms with Gasteiger partial charge in [-0.15, -0.1) is 0 Å². The first kappa shape index (κ1) is 9.47. The second kappa shape index (κ2) is 3.97. The van der Waals surface area contributed by atoms with E-state index in [9.17, 15) is 0 Å². The van der Waals surface area contributed by atoms with Gasteiger partial charge in [-0.2, -0.15) is 0 Å². The van der Waals surface area contributed by atoms with Crippen molar-refractivity contribution in [3.63, 3.8) is 0 Å². The molecule has 2 unspecified atom stereocenters. The topological polar surface area (TPSA) is 29.3 Å². The molecule has 1 aliphatic carbocycles. The van der Waals surface area contributed by atoms with Crippen molar-refractivity contribution < 1.29 is 0 Å². The van der Waals surface area contributed by atoms with Gasteiger partial charge in [0.05, 0.1) is 0 Å². The van der Waals surface area contributed by atoms with E-state index in [4.69, 9.17) is 5.73 Å². The predicted molar refractivity (Wildman–Crippen MR) is 55.5 cm³/mol. The third-order valence-electron chi connectivity index (χ3n) is 3.70. The van der Waals surface area contributed by atoms with E-state index < -0.39 is 0 Å². The second-order valence-electron chi connectivity index (χ2n) is 4.97. The van der Waals surface area contributed by atoms with Gasteiger partial charge < -0.3 is 5.73 Å². The standard InChI is InChI=1S/C11H22N2/c1-9-7-13(8-9)11-3-2-10(6-11)4-5-12/h9-11H,2-8,12H2,1H3. The van der Waals surface area contributed by atoms with Gasteiger partial charge in [0.25, 0.3) is 0 Å². The van der Waals surface area contributed by atoms with Crippen LogP contribution in [-0.4, -0.2) is 30.6 Å². The Labute approximate surface area is 81.5 Å². The number of nitrogens with two attached hydrogens (primary N) is 1. The van der Waals surface area contributed by atoms with Crippen molar-refractivity contribution in [1.29, 1.82) is 0 Å². The summed E-state index contributed by atoms with van der Waals surface area (Å²) in [5.74, 6) is 1.89. The molecular formula is C11H22N2. The van der Waals surface area contributed by atoms with Crippen LogP contribution in [0.4, 0.5) is 0 Å². The molecule has 0 amide bonds. The number of nitrogens with zero attached hydrogens (tertiary/aromatic N) is 1. The second-order valence-corrected chi connectivity index (χ2v) is 4.97. The summed E-state index contributed by atoms with van der Waals surface area (Å²) < 4.78 is 0. The normalized spacial score (nSPS) is 36.5. The van der Waals surface area contributed by atoms with E-state index in [-0.39, 0.29) is 0 Å². The highest BCUT2D eigenvalue weighted by Crippen LogP contribution is 2.34. The summed E-state index contributed by atoms with van der Waals surface area (Å²) in [7, 11) is 0. The summed E-state index contributed by atoms with van der Waals surface area (Å²) in [6, 6.07) is 0.910. The third-order valence-corrected chi connectivity index (χ3v) is 3.70. The van der Waals surface area contributed by atoms with Gasteiger partial charge in [0.2, 0.25) is 0 Å². The monoisotopic (exact) mass is 182 g/mol. The Kier molecular flexibility index (Phi) is 2.89. The largest absolute Gasteiger partial charge is 0.330 e. The van der Waals surface area contributed by atoms with Crippen molar-refractivity contribution in [2.75, 3.05) is 19.6 Å². The average molecular weight is 182 g/mol. The van der Waals surface area contributed by atoms with Gasteiger partial charge in [0.1, 0.15) is 0 Å². The van der Waals surface area contributed by atoms with Gasteiger partial charge in [-0.1, -0.05) is 6.92 Å². The Morgan fingerprint density at radius 2 is 2.08 bits per heavy atom. The molecule has 2 heteroatoms. The van der Waals surface area contributed by atoms with Crippen LogP contribution in [0.5, 0.6) is 0 Å². The van der Waals surface area contributed by atoms with E-state index in [2.05, 4.69) is 11.8 Å². The fourth-order valence-corrected chi connectivity index (χ4v) is 2.92. The van der Waals surface area contributed by atoms with E-state index in [0.29, 0.717) is 0 Å². The molecule has 1 saturated heterocycles. The molecule has 2 fully saturated rings. The van der Waals surface area contributed by atoms with Gasteiger partial charge in [0.15, 0.2) is 0 Å². The molecule has 13 heavy (non-hydrogen) atoms. The van der Waals surface area contributed by atoms with E-state index in [1.807, 2.05) is 0 Å². The average Bonchev–Trinajstić information content (AvgIpc) is 2.48. The van der Waals surface area contributed by atoms with E-state index >= 15 is 0 Å².